The van der Waals surface area contributed by atoms with Gasteiger partial charge in [0.2, 0.25) is 0 Å². The molecule has 7 heteroatoms. The van der Waals surface area contributed by atoms with Gasteiger partial charge in [0.1, 0.15) is 5.60 Å². The molecule has 6 nitrogen and oxygen atoms in total. The fourth-order valence-corrected chi connectivity index (χ4v) is 4.27. The highest BCUT2D eigenvalue weighted by atomic mass is 32.2. The van der Waals surface area contributed by atoms with E-state index in [4.69, 9.17) is 8.92 Å². The maximum absolute atomic E-state index is 11.9. The highest BCUT2D eigenvalue weighted by Crippen LogP contribution is 2.54. The minimum atomic E-state index is -3.43. The van der Waals surface area contributed by atoms with E-state index in [1.807, 2.05) is 20.8 Å². The Balaban J connectivity index is 1.95. The van der Waals surface area contributed by atoms with E-state index in [9.17, 15) is 13.2 Å². The molecule has 0 aromatic rings. The Kier molecular flexibility index (Phi) is 4.78. The minimum absolute atomic E-state index is 0.0308. The van der Waals surface area contributed by atoms with Crippen molar-refractivity contribution in [1.82, 2.24) is 5.32 Å². The second-order valence-electron chi connectivity index (χ2n) is 7.70. The van der Waals surface area contributed by atoms with Crippen LogP contribution in [-0.4, -0.2) is 39.0 Å². The van der Waals surface area contributed by atoms with Crippen molar-refractivity contribution < 1.29 is 22.1 Å². The maximum Gasteiger partial charge on any atom is 0.407 e. The van der Waals surface area contributed by atoms with Crippen molar-refractivity contribution in [1.29, 1.82) is 0 Å². The predicted molar refractivity (Wildman–Crippen MR) is 83.0 cm³/mol. The van der Waals surface area contributed by atoms with Crippen molar-refractivity contribution in [3.05, 3.63) is 0 Å². The van der Waals surface area contributed by atoms with Crippen LogP contribution in [0.1, 0.15) is 52.9 Å². The van der Waals surface area contributed by atoms with Gasteiger partial charge in [-0.1, -0.05) is 6.42 Å². The quantitative estimate of drug-likeness (QED) is 0.799. The molecule has 0 aliphatic heterocycles. The molecule has 0 saturated heterocycles. The Morgan fingerprint density at radius 1 is 1.36 bits per heavy atom. The van der Waals surface area contributed by atoms with Crippen LogP contribution in [-0.2, 0) is 19.0 Å². The largest absolute Gasteiger partial charge is 0.444 e. The third-order valence-electron chi connectivity index (χ3n) is 4.60. The minimum Gasteiger partial charge on any atom is -0.444 e. The van der Waals surface area contributed by atoms with E-state index in [0.29, 0.717) is 5.92 Å². The van der Waals surface area contributed by atoms with Crippen LogP contribution in [0.25, 0.3) is 0 Å². The number of hydrogen-bond acceptors (Lipinski definition) is 5. The second kappa shape index (κ2) is 6.00. The average Bonchev–Trinajstić information content (AvgIpc) is 2.79. The number of amides is 1. The van der Waals surface area contributed by atoms with Crippen molar-refractivity contribution in [3.8, 4) is 0 Å². The molecule has 22 heavy (non-hydrogen) atoms. The van der Waals surface area contributed by atoms with Gasteiger partial charge in [-0.2, -0.15) is 8.42 Å². The Hall–Kier alpha value is -0.820. The summed E-state index contributed by atoms with van der Waals surface area (Å²) in [6.07, 6.45) is 5.42. The number of ether oxygens (including phenoxy) is 1. The molecule has 2 saturated carbocycles. The van der Waals surface area contributed by atoms with Crippen LogP contribution < -0.4 is 5.32 Å². The van der Waals surface area contributed by atoms with Gasteiger partial charge in [-0.05, 0) is 52.4 Å². The zero-order valence-electron chi connectivity index (χ0n) is 13.8. The Morgan fingerprint density at radius 2 is 2.05 bits per heavy atom. The van der Waals surface area contributed by atoms with Crippen LogP contribution in [0.4, 0.5) is 4.79 Å². The monoisotopic (exact) mass is 333 g/mol. The van der Waals surface area contributed by atoms with Gasteiger partial charge in [0.25, 0.3) is 10.1 Å². The van der Waals surface area contributed by atoms with Gasteiger partial charge in [-0.15, -0.1) is 0 Å². The molecular weight excluding hydrogens is 306 g/mol. The van der Waals surface area contributed by atoms with Crippen molar-refractivity contribution in [2.45, 2.75) is 64.5 Å². The lowest BCUT2D eigenvalue weighted by molar-refractivity contribution is 0.0498. The number of carbonyl (C=O) groups excluding carboxylic acids is 1. The summed E-state index contributed by atoms with van der Waals surface area (Å²) < 4.78 is 32.9. The van der Waals surface area contributed by atoms with Gasteiger partial charge in [0.05, 0.1) is 12.9 Å². The summed E-state index contributed by atoms with van der Waals surface area (Å²) in [5.41, 5.74) is -0.640. The molecule has 0 aromatic heterocycles. The topological polar surface area (TPSA) is 81.7 Å². The van der Waals surface area contributed by atoms with Gasteiger partial charge in [-0.25, -0.2) is 4.79 Å². The first-order valence-electron chi connectivity index (χ1n) is 7.83. The van der Waals surface area contributed by atoms with E-state index in [0.717, 1.165) is 38.4 Å². The van der Waals surface area contributed by atoms with Crippen molar-refractivity contribution >= 4 is 16.2 Å². The van der Waals surface area contributed by atoms with E-state index in [-0.39, 0.29) is 18.1 Å². The highest BCUT2D eigenvalue weighted by molar-refractivity contribution is 7.85. The molecule has 0 aromatic carbocycles. The number of hydrogen-bond donors (Lipinski definition) is 1. The second-order valence-corrected chi connectivity index (χ2v) is 9.34. The average molecular weight is 333 g/mol. The zero-order chi connectivity index (χ0) is 16.6. The summed E-state index contributed by atoms with van der Waals surface area (Å²) in [7, 11) is -3.43. The molecule has 2 aliphatic carbocycles. The molecule has 0 heterocycles. The van der Waals surface area contributed by atoms with Gasteiger partial charge < -0.3 is 10.1 Å². The van der Waals surface area contributed by atoms with Crippen LogP contribution in [0.3, 0.4) is 0 Å². The van der Waals surface area contributed by atoms with Gasteiger partial charge >= 0.3 is 6.09 Å². The normalized spacial score (nSPS) is 31.8. The molecule has 1 amide bonds. The number of fused-ring (bicyclic) bond motifs is 1. The molecule has 2 aliphatic rings. The molecule has 128 valence electrons. The van der Waals surface area contributed by atoms with Gasteiger partial charge in [0.15, 0.2) is 0 Å². The highest BCUT2D eigenvalue weighted by Gasteiger charge is 2.51. The van der Waals surface area contributed by atoms with Gasteiger partial charge in [-0.3, -0.25) is 4.18 Å². The molecule has 0 spiro atoms. The molecule has 0 bridgehead atoms. The first kappa shape index (κ1) is 17.5. The van der Waals surface area contributed by atoms with Crippen molar-refractivity contribution in [2.75, 3.05) is 12.9 Å². The maximum atomic E-state index is 11.9. The predicted octanol–water partition coefficient (Wildman–Crippen LogP) is 2.44. The van der Waals surface area contributed by atoms with Crippen LogP contribution >= 0.6 is 0 Å². The lowest BCUT2D eigenvalue weighted by Gasteiger charge is -2.28. The van der Waals surface area contributed by atoms with Crippen molar-refractivity contribution in [3.63, 3.8) is 0 Å². The lowest BCUT2D eigenvalue weighted by atomic mass is 9.81. The van der Waals surface area contributed by atoms with Gasteiger partial charge in [0, 0.05) is 11.5 Å². The summed E-state index contributed by atoms with van der Waals surface area (Å²) in [5, 5.41) is 2.92. The van der Waals surface area contributed by atoms with E-state index in [1.54, 1.807) is 0 Å². The van der Waals surface area contributed by atoms with E-state index in [2.05, 4.69) is 5.32 Å². The number of carbonyl (C=O) groups is 1. The smallest absolute Gasteiger partial charge is 0.407 e. The summed E-state index contributed by atoms with van der Waals surface area (Å²) in [6, 6.07) is 0.0308. The summed E-state index contributed by atoms with van der Waals surface area (Å²) in [4.78, 5) is 11.9. The molecule has 3 atom stereocenters. The summed E-state index contributed by atoms with van der Waals surface area (Å²) in [5.74, 6) is 0.411. The Labute approximate surface area is 133 Å². The summed E-state index contributed by atoms with van der Waals surface area (Å²) >= 11 is 0. The van der Waals surface area contributed by atoms with Crippen LogP contribution in [0.5, 0.6) is 0 Å². The van der Waals surface area contributed by atoms with E-state index in [1.165, 1.54) is 0 Å². The zero-order valence-corrected chi connectivity index (χ0v) is 14.7. The Bertz CT molecular complexity index is 525. The number of rotatable bonds is 4. The van der Waals surface area contributed by atoms with E-state index >= 15 is 0 Å². The van der Waals surface area contributed by atoms with Crippen LogP contribution in [0.2, 0.25) is 0 Å². The SMILES string of the molecule is CC(C)(C)OC(=O)NC1CC2CCCC2(COS(C)(=O)=O)C1. The third-order valence-corrected chi connectivity index (χ3v) is 5.14. The molecule has 2 rings (SSSR count). The number of nitrogens with one attached hydrogen (secondary N) is 1. The summed E-state index contributed by atoms with van der Waals surface area (Å²) in [6.45, 7) is 5.72. The molecule has 2 fully saturated rings. The Morgan fingerprint density at radius 3 is 2.64 bits per heavy atom. The lowest BCUT2D eigenvalue weighted by Crippen LogP contribution is -2.39. The molecule has 1 N–H and O–H groups in total. The first-order chi connectivity index (χ1) is 9.99. The standard InChI is InChI=1S/C15H27NO5S/c1-14(2,3)21-13(17)16-12-8-11-6-5-7-15(11,9-12)10-20-22(4,18)19/h11-12H,5-10H2,1-4H3,(H,16,17). The number of alkyl carbamates (subject to hydrolysis) is 1. The molecular formula is C15H27NO5S. The van der Waals surface area contributed by atoms with Crippen molar-refractivity contribution in [2.24, 2.45) is 11.3 Å². The third kappa shape index (κ3) is 4.59. The first-order valence-corrected chi connectivity index (χ1v) is 9.65. The molecule has 0 radical (unpaired) electrons. The van der Waals surface area contributed by atoms with Crippen LogP contribution in [0, 0.1) is 11.3 Å². The fourth-order valence-electron chi connectivity index (χ4n) is 3.82. The van der Waals surface area contributed by atoms with E-state index < -0.39 is 21.8 Å². The molecule has 3 unspecified atom stereocenters. The fraction of sp³-hybridized carbons (Fsp3) is 0.933. The van der Waals surface area contributed by atoms with Crippen LogP contribution in [0.15, 0.2) is 0 Å².